The van der Waals surface area contributed by atoms with Crippen LogP contribution in [0.15, 0.2) is 42.6 Å². The van der Waals surface area contributed by atoms with Crippen LogP contribution < -0.4 is 10.6 Å². The fourth-order valence-electron chi connectivity index (χ4n) is 1.90. The molecule has 0 fully saturated rings. The number of amides is 1. The highest BCUT2D eigenvalue weighted by atomic mass is 16.1. The first-order chi connectivity index (χ1) is 10.7. The molecular formula is C17H18N4O. The normalized spacial score (nSPS) is 9.82. The fraction of sp³-hybridized carbons (Fsp3) is 0.235. The van der Waals surface area contributed by atoms with Gasteiger partial charge in [0, 0.05) is 24.1 Å². The predicted octanol–water partition coefficient (Wildman–Crippen LogP) is 3.23. The Morgan fingerprint density at radius 1 is 1.23 bits per heavy atom. The van der Waals surface area contributed by atoms with Crippen LogP contribution in [0.2, 0.25) is 0 Å². The lowest BCUT2D eigenvalue weighted by Gasteiger charge is -2.08. The number of nitriles is 1. The smallest absolute Gasteiger partial charge is 0.269 e. The molecule has 0 bridgehead atoms. The molecule has 0 unspecified atom stereocenters. The van der Waals surface area contributed by atoms with Crippen LogP contribution in [0.25, 0.3) is 0 Å². The topological polar surface area (TPSA) is 77.8 Å². The third-order valence-corrected chi connectivity index (χ3v) is 3.11. The second-order valence-corrected chi connectivity index (χ2v) is 4.85. The molecule has 1 heterocycles. The van der Waals surface area contributed by atoms with Crippen LogP contribution in [0.4, 0.5) is 11.4 Å². The van der Waals surface area contributed by atoms with E-state index in [-0.39, 0.29) is 5.91 Å². The van der Waals surface area contributed by atoms with E-state index in [1.165, 1.54) is 0 Å². The molecule has 0 atom stereocenters. The second-order valence-electron chi connectivity index (χ2n) is 4.85. The number of benzene rings is 1. The molecule has 2 N–H and O–H groups in total. The molecule has 0 aliphatic heterocycles. The maximum absolute atomic E-state index is 12.0. The molecule has 0 saturated heterocycles. The van der Waals surface area contributed by atoms with Gasteiger partial charge in [-0.3, -0.25) is 9.78 Å². The molecule has 5 heteroatoms. The van der Waals surface area contributed by atoms with E-state index < -0.39 is 0 Å². The third kappa shape index (κ3) is 4.32. The Morgan fingerprint density at radius 3 is 2.68 bits per heavy atom. The van der Waals surface area contributed by atoms with Crippen molar-refractivity contribution >= 4 is 17.3 Å². The summed E-state index contributed by atoms with van der Waals surface area (Å²) in [6.45, 7) is 2.73. The number of rotatable bonds is 6. The molecule has 112 valence electrons. The van der Waals surface area contributed by atoms with Gasteiger partial charge in [-0.2, -0.15) is 5.26 Å². The van der Waals surface area contributed by atoms with Crippen molar-refractivity contribution in [3.63, 3.8) is 0 Å². The molecule has 5 nitrogen and oxygen atoms in total. The molecule has 0 aliphatic carbocycles. The summed E-state index contributed by atoms with van der Waals surface area (Å²) < 4.78 is 0. The van der Waals surface area contributed by atoms with Crippen LogP contribution in [0, 0.1) is 11.3 Å². The highest BCUT2D eigenvalue weighted by Crippen LogP contribution is 2.17. The fourth-order valence-corrected chi connectivity index (χ4v) is 1.90. The van der Waals surface area contributed by atoms with Gasteiger partial charge in [0.05, 0.1) is 11.6 Å². The van der Waals surface area contributed by atoms with Crippen molar-refractivity contribution in [3.8, 4) is 6.07 Å². The number of pyridine rings is 1. The number of carbonyl (C=O) groups excluding carboxylic acids is 1. The van der Waals surface area contributed by atoms with E-state index in [1.54, 1.807) is 30.5 Å². The maximum atomic E-state index is 12.0. The van der Waals surface area contributed by atoms with Crippen LogP contribution in [-0.2, 0) is 0 Å². The van der Waals surface area contributed by atoms with E-state index in [4.69, 9.17) is 5.26 Å². The highest BCUT2D eigenvalue weighted by molar-refractivity contribution is 5.93. The minimum absolute atomic E-state index is 0.170. The zero-order valence-corrected chi connectivity index (χ0v) is 12.5. The number of nitrogens with one attached hydrogen (secondary N) is 2. The first-order valence-corrected chi connectivity index (χ1v) is 7.24. The average molecular weight is 294 g/mol. The van der Waals surface area contributed by atoms with Crippen molar-refractivity contribution in [2.24, 2.45) is 0 Å². The Labute approximate surface area is 130 Å². The van der Waals surface area contributed by atoms with Crippen LogP contribution in [0.1, 0.15) is 35.8 Å². The van der Waals surface area contributed by atoms with Crippen LogP contribution >= 0.6 is 0 Å². The van der Waals surface area contributed by atoms with Crippen molar-refractivity contribution in [3.05, 3.63) is 53.9 Å². The number of anilines is 2. The molecule has 0 saturated carbocycles. The van der Waals surface area contributed by atoms with Gasteiger partial charge in [0.15, 0.2) is 0 Å². The summed E-state index contributed by atoms with van der Waals surface area (Å²) in [6.07, 6.45) is 3.59. The van der Waals surface area contributed by atoms with Crippen LogP contribution in [-0.4, -0.2) is 17.4 Å². The number of aromatic nitrogens is 1. The summed E-state index contributed by atoms with van der Waals surface area (Å²) in [5.74, 6) is -0.170. The minimum atomic E-state index is -0.170. The summed E-state index contributed by atoms with van der Waals surface area (Å²) in [7, 11) is 0. The number of nitrogens with zero attached hydrogens (tertiary/aromatic N) is 2. The molecule has 0 spiro atoms. The molecule has 2 aromatic rings. The van der Waals surface area contributed by atoms with E-state index in [0.717, 1.165) is 24.2 Å². The molecule has 1 amide bonds. The lowest BCUT2D eigenvalue weighted by Crippen LogP contribution is -2.25. The van der Waals surface area contributed by atoms with Gasteiger partial charge < -0.3 is 10.6 Å². The summed E-state index contributed by atoms with van der Waals surface area (Å²) in [5.41, 5.74) is 2.62. The Balaban J connectivity index is 2.04. The average Bonchev–Trinajstić information content (AvgIpc) is 2.56. The zero-order chi connectivity index (χ0) is 15.8. The van der Waals surface area contributed by atoms with E-state index in [1.807, 2.05) is 12.1 Å². The number of carbonyl (C=O) groups is 1. The molecular weight excluding hydrogens is 276 g/mol. The van der Waals surface area contributed by atoms with Gasteiger partial charge in [0.2, 0.25) is 0 Å². The monoisotopic (exact) mass is 294 g/mol. The maximum Gasteiger partial charge on any atom is 0.269 e. The molecule has 0 radical (unpaired) electrons. The van der Waals surface area contributed by atoms with Crippen molar-refractivity contribution in [2.75, 3.05) is 11.9 Å². The second kappa shape index (κ2) is 7.79. The zero-order valence-electron chi connectivity index (χ0n) is 12.5. The minimum Gasteiger partial charge on any atom is -0.355 e. The Hall–Kier alpha value is -2.87. The van der Waals surface area contributed by atoms with E-state index in [2.05, 4.69) is 28.6 Å². The van der Waals surface area contributed by atoms with Crippen molar-refractivity contribution < 1.29 is 4.79 Å². The van der Waals surface area contributed by atoms with Gasteiger partial charge in [-0.1, -0.05) is 13.3 Å². The first-order valence-electron chi connectivity index (χ1n) is 7.24. The third-order valence-electron chi connectivity index (χ3n) is 3.11. The lowest BCUT2D eigenvalue weighted by atomic mass is 10.2. The van der Waals surface area contributed by atoms with Crippen LogP contribution in [0.3, 0.4) is 0 Å². The van der Waals surface area contributed by atoms with Gasteiger partial charge in [0.25, 0.3) is 5.91 Å². The van der Waals surface area contributed by atoms with Crippen molar-refractivity contribution in [1.82, 2.24) is 10.3 Å². The van der Waals surface area contributed by atoms with E-state index in [0.29, 0.717) is 17.8 Å². The molecule has 1 aromatic carbocycles. The largest absolute Gasteiger partial charge is 0.355 e. The van der Waals surface area contributed by atoms with Gasteiger partial charge in [-0.15, -0.1) is 0 Å². The van der Waals surface area contributed by atoms with E-state index >= 15 is 0 Å². The summed E-state index contributed by atoms with van der Waals surface area (Å²) in [4.78, 5) is 16.1. The summed E-state index contributed by atoms with van der Waals surface area (Å²) in [5, 5.41) is 14.8. The lowest BCUT2D eigenvalue weighted by molar-refractivity contribution is 0.0948. The Bertz CT molecular complexity index is 674. The molecule has 1 aromatic heterocycles. The van der Waals surface area contributed by atoms with E-state index in [9.17, 15) is 4.79 Å². The van der Waals surface area contributed by atoms with Gasteiger partial charge in [-0.25, -0.2) is 0 Å². The predicted molar refractivity (Wildman–Crippen MR) is 85.9 cm³/mol. The standard InChI is InChI=1S/C17H18N4O/c1-2-3-9-20-17(22)16-11-15(8-10-19-16)21-14-6-4-13(12-18)5-7-14/h4-8,10-11H,2-3,9H2,1H3,(H,19,21)(H,20,22). The van der Waals surface area contributed by atoms with Crippen molar-refractivity contribution in [1.29, 1.82) is 5.26 Å². The Kier molecular flexibility index (Phi) is 5.50. The Morgan fingerprint density at radius 2 is 2.00 bits per heavy atom. The van der Waals surface area contributed by atoms with Gasteiger partial charge in [0.1, 0.15) is 5.69 Å². The highest BCUT2D eigenvalue weighted by Gasteiger charge is 2.07. The number of hydrogen-bond acceptors (Lipinski definition) is 4. The summed E-state index contributed by atoms with van der Waals surface area (Å²) in [6, 6.07) is 12.7. The molecule has 22 heavy (non-hydrogen) atoms. The van der Waals surface area contributed by atoms with Gasteiger partial charge >= 0.3 is 0 Å². The van der Waals surface area contributed by atoms with Gasteiger partial charge in [-0.05, 0) is 42.8 Å². The molecule has 2 rings (SSSR count). The first kappa shape index (κ1) is 15.5. The molecule has 0 aliphatic rings. The van der Waals surface area contributed by atoms with Crippen LogP contribution in [0.5, 0.6) is 0 Å². The number of hydrogen-bond donors (Lipinski definition) is 2. The number of unbranched alkanes of at least 4 members (excludes halogenated alkanes) is 1. The summed E-state index contributed by atoms with van der Waals surface area (Å²) >= 11 is 0. The SMILES string of the molecule is CCCCNC(=O)c1cc(Nc2ccc(C#N)cc2)ccn1. The quantitative estimate of drug-likeness (QED) is 0.802. The van der Waals surface area contributed by atoms with Crippen molar-refractivity contribution in [2.45, 2.75) is 19.8 Å².